The zero-order chi connectivity index (χ0) is 17.9. The SMILES string of the molecule is Cc1cc(Cl)ccc1NC(=O)C(C)NS(=O)(=O)c1ccc(Cl)cc1. The van der Waals surface area contributed by atoms with Crippen molar-refractivity contribution in [3.05, 3.63) is 58.1 Å². The van der Waals surface area contributed by atoms with Crippen LogP contribution in [0.15, 0.2) is 47.4 Å². The van der Waals surface area contributed by atoms with Crippen molar-refractivity contribution in [1.82, 2.24) is 4.72 Å². The van der Waals surface area contributed by atoms with Gasteiger partial charge in [0.25, 0.3) is 0 Å². The first-order valence-corrected chi connectivity index (χ1v) is 9.28. The number of aryl methyl sites for hydroxylation is 1. The average molecular weight is 387 g/mol. The van der Waals surface area contributed by atoms with Crippen molar-refractivity contribution < 1.29 is 13.2 Å². The lowest BCUT2D eigenvalue weighted by Crippen LogP contribution is -2.41. The van der Waals surface area contributed by atoms with E-state index < -0.39 is 22.0 Å². The van der Waals surface area contributed by atoms with E-state index in [-0.39, 0.29) is 4.90 Å². The van der Waals surface area contributed by atoms with Crippen molar-refractivity contribution in [3.8, 4) is 0 Å². The van der Waals surface area contributed by atoms with Crippen LogP contribution >= 0.6 is 23.2 Å². The van der Waals surface area contributed by atoms with E-state index >= 15 is 0 Å². The molecule has 0 radical (unpaired) electrons. The van der Waals surface area contributed by atoms with Crippen LogP contribution in [-0.2, 0) is 14.8 Å². The van der Waals surface area contributed by atoms with E-state index in [2.05, 4.69) is 10.0 Å². The van der Waals surface area contributed by atoms with Crippen LogP contribution in [0.3, 0.4) is 0 Å². The lowest BCUT2D eigenvalue weighted by atomic mass is 10.2. The molecule has 0 aliphatic heterocycles. The fourth-order valence-corrected chi connectivity index (χ4v) is 3.53. The molecule has 2 rings (SSSR count). The molecule has 24 heavy (non-hydrogen) atoms. The number of hydrogen-bond donors (Lipinski definition) is 2. The standard InChI is InChI=1S/C16H16Cl2N2O3S/c1-10-9-13(18)5-8-15(10)19-16(21)11(2)20-24(22,23)14-6-3-12(17)4-7-14/h3-9,11,20H,1-2H3,(H,19,21). The Bertz CT molecular complexity index is 852. The topological polar surface area (TPSA) is 75.3 Å². The molecule has 1 atom stereocenters. The highest BCUT2D eigenvalue weighted by Crippen LogP contribution is 2.20. The summed E-state index contributed by atoms with van der Waals surface area (Å²) < 4.78 is 26.9. The fraction of sp³-hybridized carbons (Fsp3) is 0.188. The number of halogens is 2. The first kappa shape index (κ1) is 18.7. The minimum absolute atomic E-state index is 0.0363. The second kappa shape index (κ2) is 7.53. The summed E-state index contributed by atoms with van der Waals surface area (Å²) in [5.41, 5.74) is 1.35. The smallest absolute Gasteiger partial charge is 0.242 e. The lowest BCUT2D eigenvalue weighted by molar-refractivity contribution is -0.117. The van der Waals surface area contributed by atoms with Crippen molar-refractivity contribution in [2.75, 3.05) is 5.32 Å². The van der Waals surface area contributed by atoms with Crippen molar-refractivity contribution >= 4 is 44.8 Å². The summed E-state index contributed by atoms with van der Waals surface area (Å²) in [6.45, 7) is 3.26. The van der Waals surface area contributed by atoms with Crippen LogP contribution in [0.2, 0.25) is 10.0 Å². The maximum absolute atomic E-state index is 12.3. The normalized spacial score (nSPS) is 12.7. The van der Waals surface area contributed by atoms with Gasteiger partial charge in [-0.15, -0.1) is 0 Å². The molecular weight excluding hydrogens is 371 g/mol. The number of carbonyl (C=O) groups excluding carboxylic acids is 1. The molecule has 0 spiro atoms. The number of benzene rings is 2. The van der Waals surface area contributed by atoms with Gasteiger partial charge in [-0.05, 0) is 61.9 Å². The second-order valence-electron chi connectivity index (χ2n) is 5.25. The van der Waals surface area contributed by atoms with Crippen LogP contribution in [0.1, 0.15) is 12.5 Å². The molecule has 0 saturated heterocycles. The number of hydrogen-bond acceptors (Lipinski definition) is 3. The predicted molar refractivity (Wildman–Crippen MR) is 96.1 cm³/mol. The van der Waals surface area contributed by atoms with Crippen molar-refractivity contribution in [2.45, 2.75) is 24.8 Å². The van der Waals surface area contributed by atoms with E-state index in [1.54, 1.807) is 25.1 Å². The molecule has 0 bridgehead atoms. The summed E-state index contributed by atoms with van der Waals surface area (Å²) in [5, 5.41) is 3.66. The highest BCUT2D eigenvalue weighted by molar-refractivity contribution is 7.89. The van der Waals surface area contributed by atoms with Gasteiger partial charge in [0.2, 0.25) is 15.9 Å². The van der Waals surface area contributed by atoms with Crippen LogP contribution in [-0.4, -0.2) is 20.4 Å². The molecule has 5 nitrogen and oxygen atoms in total. The van der Waals surface area contributed by atoms with Gasteiger partial charge in [-0.25, -0.2) is 8.42 Å². The Labute approximate surface area is 151 Å². The van der Waals surface area contributed by atoms with E-state index in [1.807, 2.05) is 0 Å². The average Bonchev–Trinajstić information content (AvgIpc) is 2.50. The predicted octanol–water partition coefficient (Wildman–Crippen LogP) is 3.61. The summed E-state index contributed by atoms with van der Waals surface area (Å²) >= 11 is 11.6. The molecule has 2 aromatic carbocycles. The fourth-order valence-electron chi connectivity index (χ4n) is 1.98. The van der Waals surface area contributed by atoms with E-state index in [0.29, 0.717) is 15.7 Å². The molecular formula is C16H16Cl2N2O3S. The molecule has 1 unspecified atom stereocenters. The van der Waals surface area contributed by atoms with E-state index in [1.165, 1.54) is 31.2 Å². The zero-order valence-corrected chi connectivity index (χ0v) is 15.3. The Morgan fingerprint density at radius 1 is 1.04 bits per heavy atom. The van der Waals surface area contributed by atoms with Crippen LogP contribution in [0, 0.1) is 6.92 Å². The molecule has 0 aliphatic rings. The number of rotatable bonds is 5. The largest absolute Gasteiger partial charge is 0.324 e. The summed E-state index contributed by atoms with van der Waals surface area (Å²) in [5.74, 6) is -0.474. The third-order valence-electron chi connectivity index (χ3n) is 3.30. The molecule has 0 saturated carbocycles. The minimum Gasteiger partial charge on any atom is -0.324 e. The Morgan fingerprint density at radius 2 is 1.62 bits per heavy atom. The molecule has 0 aromatic heterocycles. The highest BCUT2D eigenvalue weighted by atomic mass is 35.5. The number of amides is 1. The van der Waals surface area contributed by atoms with Gasteiger partial charge in [0, 0.05) is 15.7 Å². The van der Waals surface area contributed by atoms with Crippen molar-refractivity contribution in [2.24, 2.45) is 0 Å². The Balaban J connectivity index is 2.09. The van der Waals surface area contributed by atoms with Crippen molar-refractivity contribution in [3.63, 3.8) is 0 Å². The highest BCUT2D eigenvalue weighted by Gasteiger charge is 2.22. The van der Waals surface area contributed by atoms with Gasteiger partial charge in [-0.2, -0.15) is 4.72 Å². The second-order valence-corrected chi connectivity index (χ2v) is 7.83. The van der Waals surface area contributed by atoms with E-state index in [4.69, 9.17) is 23.2 Å². The van der Waals surface area contributed by atoms with E-state index in [9.17, 15) is 13.2 Å². The monoisotopic (exact) mass is 386 g/mol. The van der Waals surface area contributed by atoms with E-state index in [0.717, 1.165) is 5.56 Å². The first-order chi connectivity index (χ1) is 11.2. The van der Waals surface area contributed by atoms with Crippen molar-refractivity contribution in [1.29, 1.82) is 0 Å². The van der Waals surface area contributed by atoms with Gasteiger partial charge in [-0.3, -0.25) is 4.79 Å². The molecule has 128 valence electrons. The number of sulfonamides is 1. The Kier molecular flexibility index (Phi) is 5.87. The minimum atomic E-state index is -3.82. The summed E-state index contributed by atoms with van der Waals surface area (Å²) in [6.07, 6.45) is 0. The van der Waals surface area contributed by atoms with Crippen LogP contribution in [0.25, 0.3) is 0 Å². The van der Waals surface area contributed by atoms with Gasteiger partial charge in [0.1, 0.15) is 0 Å². The maximum atomic E-state index is 12.3. The van der Waals surface area contributed by atoms with Gasteiger partial charge in [0.15, 0.2) is 0 Å². The van der Waals surface area contributed by atoms with Gasteiger partial charge >= 0.3 is 0 Å². The molecule has 2 aromatic rings. The summed E-state index contributed by atoms with van der Waals surface area (Å²) in [7, 11) is -3.82. The summed E-state index contributed by atoms with van der Waals surface area (Å²) in [6, 6.07) is 9.75. The quantitative estimate of drug-likeness (QED) is 0.823. The molecule has 0 fully saturated rings. The van der Waals surface area contributed by atoms with Crippen LogP contribution in [0.5, 0.6) is 0 Å². The van der Waals surface area contributed by atoms with Gasteiger partial charge in [-0.1, -0.05) is 23.2 Å². The number of nitrogens with one attached hydrogen (secondary N) is 2. The van der Waals surface area contributed by atoms with Gasteiger partial charge in [0.05, 0.1) is 10.9 Å². The zero-order valence-electron chi connectivity index (χ0n) is 13.0. The molecule has 2 N–H and O–H groups in total. The molecule has 0 aliphatic carbocycles. The first-order valence-electron chi connectivity index (χ1n) is 7.04. The molecule has 8 heteroatoms. The maximum Gasteiger partial charge on any atom is 0.242 e. The molecule has 0 heterocycles. The van der Waals surface area contributed by atoms with Gasteiger partial charge < -0.3 is 5.32 Å². The molecule has 1 amide bonds. The summed E-state index contributed by atoms with van der Waals surface area (Å²) in [4.78, 5) is 12.3. The van der Waals surface area contributed by atoms with Crippen LogP contribution in [0.4, 0.5) is 5.69 Å². The Hall–Kier alpha value is -1.60. The Morgan fingerprint density at radius 3 is 2.21 bits per heavy atom. The third kappa shape index (κ3) is 4.70. The third-order valence-corrected chi connectivity index (χ3v) is 5.34. The van der Waals surface area contributed by atoms with Crippen LogP contribution < -0.4 is 10.0 Å². The number of carbonyl (C=O) groups is 1. The number of anilines is 1. The lowest BCUT2D eigenvalue weighted by Gasteiger charge is -2.15.